The van der Waals surface area contributed by atoms with Crippen LogP contribution in [0.3, 0.4) is 0 Å². The maximum absolute atomic E-state index is 11.0. The first-order chi connectivity index (χ1) is 5.29. The fraction of sp³-hybridized carbons (Fsp3) is 0.833. The number of hydrogen-bond donors (Lipinski definition) is 0. The van der Waals surface area contributed by atoms with Crippen LogP contribution in [0.2, 0.25) is 0 Å². The third kappa shape index (κ3) is 1.11. The van der Waals surface area contributed by atoms with Crippen LogP contribution in [0.5, 0.6) is 0 Å². The Kier molecular flexibility index (Phi) is 1.38. The number of hydrogen-bond acceptors (Lipinski definition) is 3. The molecule has 0 aromatic carbocycles. The van der Waals surface area contributed by atoms with Gasteiger partial charge in [0.2, 0.25) is 0 Å². The van der Waals surface area contributed by atoms with Crippen molar-refractivity contribution in [2.75, 3.05) is 0 Å². The van der Waals surface area contributed by atoms with E-state index in [0.29, 0.717) is 11.9 Å². The van der Waals surface area contributed by atoms with Gasteiger partial charge in [0.25, 0.3) is 0 Å². The predicted molar refractivity (Wildman–Crippen MR) is 35.2 cm³/mol. The Morgan fingerprint density at radius 2 is 2.36 bits per heavy atom. The third-order valence-electron chi connectivity index (χ3n) is 1.77. The van der Waals surface area contributed by atoms with E-state index in [1.165, 1.54) is 0 Å². The van der Waals surface area contributed by atoms with Crippen LogP contribution in [0.25, 0.3) is 0 Å². The lowest BCUT2D eigenvalue weighted by molar-refractivity contribution is 0.0935. The van der Waals surface area contributed by atoms with Crippen molar-refractivity contribution in [1.29, 1.82) is 0 Å². The lowest BCUT2D eigenvalue weighted by atomic mass is 10.4. The van der Waals surface area contributed by atoms with Crippen LogP contribution < -0.4 is 0 Å². The van der Waals surface area contributed by atoms with E-state index in [1.54, 1.807) is 11.6 Å². The molecule has 0 aliphatic heterocycles. The maximum atomic E-state index is 11.0. The van der Waals surface area contributed by atoms with E-state index in [2.05, 4.69) is 15.5 Å². The lowest BCUT2D eigenvalue weighted by Crippen LogP contribution is -2.05. The summed E-state index contributed by atoms with van der Waals surface area (Å²) in [6, 6.07) is 0.399. The Balaban J connectivity index is 2.30. The van der Waals surface area contributed by atoms with E-state index >= 15 is 0 Å². The van der Waals surface area contributed by atoms with Crippen molar-refractivity contribution in [2.45, 2.75) is 31.9 Å². The van der Waals surface area contributed by atoms with E-state index in [9.17, 15) is 5.11 Å². The SMILES string of the molecule is CC([O])c1nnnn1C1CC1. The van der Waals surface area contributed by atoms with Crippen molar-refractivity contribution in [3.05, 3.63) is 5.82 Å². The third-order valence-corrected chi connectivity index (χ3v) is 1.77. The number of tetrazole rings is 1. The molecule has 1 unspecified atom stereocenters. The van der Waals surface area contributed by atoms with Gasteiger partial charge in [0.05, 0.1) is 6.04 Å². The lowest BCUT2D eigenvalue weighted by Gasteiger charge is -2.01. The molecule has 1 aromatic rings. The van der Waals surface area contributed by atoms with Gasteiger partial charge < -0.3 is 0 Å². The van der Waals surface area contributed by atoms with Gasteiger partial charge in [-0.05, 0) is 30.2 Å². The predicted octanol–water partition coefficient (Wildman–Crippen LogP) is 0.499. The highest BCUT2D eigenvalue weighted by Gasteiger charge is 2.29. The number of aromatic nitrogens is 4. The summed E-state index contributed by atoms with van der Waals surface area (Å²) in [6.45, 7) is 1.56. The van der Waals surface area contributed by atoms with Crippen LogP contribution in [0.15, 0.2) is 0 Å². The minimum Gasteiger partial charge on any atom is -0.225 e. The first-order valence-corrected chi connectivity index (χ1v) is 3.72. The number of nitrogens with zero attached hydrogens (tertiary/aromatic N) is 4. The zero-order valence-corrected chi connectivity index (χ0v) is 6.27. The van der Waals surface area contributed by atoms with Crippen molar-refractivity contribution < 1.29 is 5.11 Å². The zero-order chi connectivity index (χ0) is 7.84. The van der Waals surface area contributed by atoms with Crippen molar-refractivity contribution in [3.63, 3.8) is 0 Å². The normalized spacial score (nSPS) is 20.2. The Morgan fingerprint density at radius 1 is 1.64 bits per heavy atom. The molecule has 1 aliphatic carbocycles. The molecule has 5 nitrogen and oxygen atoms in total. The maximum Gasteiger partial charge on any atom is 0.183 e. The fourth-order valence-electron chi connectivity index (χ4n) is 1.05. The van der Waals surface area contributed by atoms with Crippen LogP contribution in [-0.4, -0.2) is 20.2 Å². The molecule has 1 aromatic heterocycles. The van der Waals surface area contributed by atoms with Gasteiger partial charge in [0, 0.05) is 0 Å². The molecule has 11 heavy (non-hydrogen) atoms. The Hall–Kier alpha value is -0.970. The molecule has 1 heterocycles. The van der Waals surface area contributed by atoms with Crippen LogP contribution in [-0.2, 0) is 5.11 Å². The molecule has 2 rings (SSSR count). The second kappa shape index (κ2) is 2.27. The van der Waals surface area contributed by atoms with Crippen molar-refractivity contribution in [3.8, 4) is 0 Å². The Morgan fingerprint density at radius 3 is 2.91 bits per heavy atom. The van der Waals surface area contributed by atoms with Gasteiger partial charge in [-0.15, -0.1) is 5.10 Å². The smallest absolute Gasteiger partial charge is 0.183 e. The number of rotatable bonds is 2. The molecule has 1 radical (unpaired) electrons. The minimum atomic E-state index is -0.814. The summed E-state index contributed by atoms with van der Waals surface area (Å²) in [6.07, 6.45) is 1.39. The molecule has 59 valence electrons. The largest absolute Gasteiger partial charge is 0.225 e. The molecule has 0 spiro atoms. The van der Waals surface area contributed by atoms with Gasteiger partial charge in [-0.1, -0.05) is 0 Å². The topological polar surface area (TPSA) is 63.5 Å². The van der Waals surface area contributed by atoms with E-state index in [1.807, 2.05) is 0 Å². The Bertz CT molecular complexity index is 236. The molecule has 1 fully saturated rings. The quantitative estimate of drug-likeness (QED) is 0.621. The first kappa shape index (κ1) is 6.72. The van der Waals surface area contributed by atoms with Gasteiger partial charge in [0.1, 0.15) is 0 Å². The molecular formula is C6H9N4O. The Labute approximate surface area is 64.0 Å². The summed E-state index contributed by atoms with van der Waals surface area (Å²) in [7, 11) is 0. The zero-order valence-electron chi connectivity index (χ0n) is 6.27. The molecule has 0 saturated heterocycles. The second-order valence-electron chi connectivity index (χ2n) is 2.86. The second-order valence-corrected chi connectivity index (χ2v) is 2.86. The summed E-state index contributed by atoms with van der Waals surface area (Å²) in [5.41, 5.74) is 0. The highest BCUT2D eigenvalue weighted by atomic mass is 16.3. The monoisotopic (exact) mass is 153 g/mol. The molecule has 1 atom stereocenters. The van der Waals surface area contributed by atoms with Gasteiger partial charge in [-0.3, -0.25) is 0 Å². The fourth-order valence-corrected chi connectivity index (χ4v) is 1.05. The van der Waals surface area contributed by atoms with Crippen LogP contribution in [0, 0.1) is 0 Å². The van der Waals surface area contributed by atoms with Crippen LogP contribution in [0.4, 0.5) is 0 Å². The summed E-state index contributed by atoms with van der Waals surface area (Å²) in [5.74, 6) is 0.465. The van der Waals surface area contributed by atoms with Crippen molar-refractivity contribution >= 4 is 0 Å². The molecular weight excluding hydrogens is 144 g/mol. The molecule has 5 heteroatoms. The summed E-state index contributed by atoms with van der Waals surface area (Å²) in [5, 5.41) is 21.9. The molecule has 0 N–H and O–H groups in total. The van der Waals surface area contributed by atoms with Gasteiger partial charge in [0.15, 0.2) is 11.9 Å². The first-order valence-electron chi connectivity index (χ1n) is 3.72. The summed E-state index contributed by atoms with van der Waals surface area (Å²) < 4.78 is 1.65. The van der Waals surface area contributed by atoms with E-state index in [4.69, 9.17) is 0 Å². The average Bonchev–Trinajstić information content (AvgIpc) is 2.68. The molecule has 0 amide bonds. The average molecular weight is 153 g/mol. The van der Waals surface area contributed by atoms with E-state index in [-0.39, 0.29) is 0 Å². The van der Waals surface area contributed by atoms with Crippen molar-refractivity contribution in [1.82, 2.24) is 20.2 Å². The van der Waals surface area contributed by atoms with Gasteiger partial charge >= 0.3 is 0 Å². The van der Waals surface area contributed by atoms with E-state index < -0.39 is 6.10 Å². The van der Waals surface area contributed by atoms with Crippen LogP contribution in [0.1, 0.15) is 37.7 Å². The van der Waals surface area contributed by atoms with Gasteiger partial charge in [-0.25, -0.2) is 9.79 Å². The van der Waals surface area contributed by atoms with E-state index in [0.717, 1.165) is 12.8 Å². The summed E-state index contributed by atoms with van der Waals surface area (Å²) >= 11 is 0. The molecule has 1 aliphatic rings. The minimum absolute atomic E-state index is 0.399. The summed E-state index contributed by atoms with van der Waals surface area (Å²) in [4.78, 5) is 0. The highest BCUT2D eigenvalue weighted by Crippen LogP contribution is 2.35. The molecule has 1 saturated carbocycles. The van der Waals surface area contributed by atoms with Crippen molar-refractivity contribution in [2.24, 2.45) is 0 Å². The standard InChI is InChI=1S/C6H9N4O/c1-4(11)6-7-8-9-10(6)5-2-3-5/h4-5H,2-3H2,1H3. The molecule has 0 bridgehead atoms. The van der Waals surface area contributed by atoms with Gasteiger partial charge in [-0.2, -0.15) is 0 Å². The van der Waals surface area contributed by atoms with Crippen LogP contribution >= 0.6 is 0 Å². The highest BCUT2D eigenvalue weighted by molar-refractivity contribution is 4.92.